The molecule has 0 N–H and O–H groups in total. The molecule has 0 atom stereocenters. The molecule has 0 amide bonds. The van der Waals surface area contributed by atoms with Gasteiger partial charge in [-0.1, -0.05) is 35.4 Å². The number of hydrogen-bond acceptors (Lipinski definition) is 2. The first-order chi connectivity index (χ1) is 17.9. The van der Waals surface area contributed by atoms with Crippen molar-refractivity contribution in [2.24, 2.45) is 0 Å². The Morgan fingerprint density at radius 1 is 0.816 bits per heavy atom. The summed E-state index contributed by atoms with van der Waals surface area (Å²) in [6.45, 7) is 21.7. The molecule has 1 heterocycles. The van der Waals surface area contributed by atoms with Crippen molar-refractivity contribution in [3.05, 3.63) is 101 Å². The van der Waals surface area contributed by atoms with Gasteiger partial charge in [0, 0.05) is 24.5 Å². The van der Waals surface area contributed by atoms with Gasteiger partial charge >= 0.3 is 105 Å². The van der Waals surface area contributed by atoms with Crippen LogP contribution in [0.25, 0.3) is 0 Å². The van der Waals surface area contributed by atoms with Crippen LogP contribution in [0.2, 0.25) is 0 Å². The Kier molecular flexibility index (Phi) is 10.9. The Balaban J connectivity index is 0.000000232. The molecular formula is C32H41Cl2N2ORu-. The molecule has 3 aromatic carbocycles. The fourth-order valence-electron chi connectivity index (χ4n) is 5.23. The number of rotatable bonds is 5. The van der Waals surface area contributed by atoms with Gasteiger partial charge in [0.1, 0.15) is 0 Å². The third-order valence-electron chi connectivity index (χ3n) is 6.66. The van der Waals surface area contributed by atoms with Gasteiger partial charge < -0.3 is 9.80 Å². The Morgan fingerprint density at radius 3 is 1.63 bits per heavy atom. The van der Waals surface area contributed by atoms with Gasteiger partial charge in [0.05, 0.1) is 0 Å². The maximum absolute atomic E-state index is 5.87. The SMILES string of the molecule is Cc1cc(C)c(N2[CH-]N(c3c(C)cc(C)cc3C)CC2)c(C)c1.[CH2-][O+](c1ccccc1[CH]=[Ru]([Cl])[Cl])C(C)C. The molecule has 1 aliphatic rings. The van der Waals surface area contributed by atoms with E-state index >= 15 is 0 Å². The molecule has 38 heavy (non-hydrogen) atoms. The first-order valence-electron chi connectivity index (χ1n) is 12.9. The van der Waals surface area contributed by atoms with E-state index < -0.39 is 13.5 Å². The van der Waals surface area contributed by atoms with Crippen LogP contribution in [0, 0.1) is 55.3 Å². The molecule has 0 saturated carbocycles. The van der Waals surface area contributed by atoms with Crippen LogP contribution < -0.4 is 9.80 Å². The van der Waals surface area contributed by atoms with Crippen molar-refractivity contribution in [3.63, 3.8) is 0 Å². The van der Waals surface area contributed by atoms with Crippen LogP contribution in [-0.2, 0) is 17.9 Å². The van der Waals surface area contributed by atoms with Crippen molar-refractivity contribution in [1.29, 1.82) is 0 Å². The second-order valence-electron chi connectivity index (χ2n) is 10.3. The van der Waals surface area contributed by atoms with Crippen molar-refractivity contribution in [2.45, 2.75) is 61.5 Å². The molecule has 0 unspecified atom stereocenters. The third kappa shape index (κ3) is 7.62. The van der Waals surface area contributed by atoms with Crippen molar-refractivity contribution < 1.29 is 17.9 Å². The second-order valence-corrected chi connectivity index (χ2v) is 16.0. The Labute approximate surface area is 243 Å². The summed E-state index contributed by atoms with van der Waals surface area (Å²) in [5, 5.41) is 0. The molecule has 1 aliphatic heterocycles. The summed E-state index contributed by atoms with van der Waals surface area (Å²) in [7, 11) is 15.7. The third-order valence-corrected chi connectivity index (χ3v) is 8.50. The number of hydrogen-bond donors (Lipinski definition) is 0. The second kappa shape index (κ2) is 13.5. The molecule has 6 heteroatoms. The maximum atomic E-state index is 5.87. The standard InChI is InChI=1S/C21H27N2.C11H14O.2ClH.Ru/c1-14-9-16(3)20(17(4)10-14)22-7-8-23(13-22)21-18(5)11-15(2)12-19(21)6;1-9(2)12(4)11-8-6-5-7-10(11)3;;;/h9-13H,7-8H2,1-6H3;3,5-9H,4H2,1-2H3;2*1H;/q-1;;;;+2/p-2. The number of anilines is 2. The summed E-state index contributed by atoms with van der Waals surface area (Å²) in [5.41, 5.74) is 11.9. The summed E-state index contributed by atoms with van der Waals surface area (Å²) in [5.74, 6) is 0.993. The normalized spacial score (nSPS) is 13.4. The van der Waals surface area contributed by atoms with Crippen molar-refractivity contribution in [1.82, 2.24) is 0 Å². The molecule has 3 nitrogen and oxygen atoms in total. The molecular weight excluding hydrogens is 600 g/mol. The van der Waals surface area contributed by atoms with E-state index in [1.54, 1.807) is 0 Å². The van der Waals surface area contributed by atoms with E-state index in [2.05, 4.69) is 108 Å². The van der Waals surface area contributed by atoms with Crippen LogP contribution in [-0.4, -0.2) is 23.8 Å². The topological polar surface area (TPSA) is 9.18 Å². The van der Waals surface area contributed by atoms with Crippen LogP contribution in [0.15, 0.2) is 48.5 Å². The molecule has 1 fully saturated rings. The van der Waals surface area contributed by atoms with Crippen molar-refractivity contribution in [3.8, 4) is 5.75 Å². The molecule has 1 saturated heterocycles. The number of halogens is 2. The molecule has 0 aromatic heterocycles. The zero-order chi connectivity index (χ0) is 28.1. The Hall–Kier alpha value is -1.87. The van der Waals surface area contributed by atoms with E-state index in [0.717, 1.165) is 24.4 Å². The molecule has 0 radical (unpaired) electrons. The van der Waals surface area contributed by atoms with Gasteiger partial charge in [-0.15, -0.1) is 0 Å². The van der Waals surface area contributed by atoms with Crippen LogP contribution in [0.3, 0.4) is 0 Å². The zero-order valence-electron chi connectivity index (χ0n) is 23.9. The number of aryl methyl sites for hydroxylation is 6. The fourth-order valence-corrected chi connectivity index (χ4v) is 7.04. The summed E-state index contributed by atoms with van der Waals surface area (Å²) in [6, 6.07) is 17.0. The first-order valence-corrected chi connectivity index (χ1v) is 18.4. The van der Waals surface area contributed by atoms with E-state index in [1.807, 2.05) is 28.9 Å². The zero-order valence-corrected chi connectivity index (χ0v) is 27.1. The van der Waals surface area contributed by atoms with Gasteiger partial charge in [-0.2, -0.15) is 6.67 Å². The molecule has 0 bridgehead atoms. The molecule has 3 aromatic rings. The van der Waals surface area contributed by atoms with Crippen LogP contribution >= 0.6 is 19.4 Å². The van der Waals surface area contributed by atoms with E-state index in [-0.39, 0.29) is 6.10 Å². The molecule has 0 spiro atoms. The molecule has 0 aliphatic carbocycles. The summed E-state index contributed by atoms with van der Waals surface area (Å²) in [4.78, 5) is 4.81. The predicted octanol–water partition coefficient (Wildman–Crippen LogP) is 9.21. The number of nitrogens with zero attached hydrogens (tertiary/aromatic N) is 2. The van der Waals surface area contributed by atoms with Gasteiger partial charge in [0.2, 0.25) is 0 Å². The van der Waals surface area contributed by atoms with Gasteiger partial charge in [-0.05, 0) is 63.8 Å². The van der Waals surface area contributed by atoms with E-state index in [9.17, 15) is 0 Å². The average Bonchev–Trinajstić information content (AvgIpc) is 3.26. The minimum atomic E-state index is -1.79. The Morgan fingerprint density at radius 2 is 1.24 bits per heavy atom. The van der Waals surface area contributed by atoms with Gasteiger partial charge in [0.15, 0.2) is 0 Å². The van der Waals surface area contributed by atoms with Gasteiger partial charge in [-0.3, -0.25) is 0 Å². The molecule has 208 valence electrons. The molecule has 4 rings (SSSR count). The quantitative estimate of drug-likeness (QED) is 0.156. The predicted molar refractivity (Wildman–Crippen MR) is 165 cm³/mol. The fraction of sp³-hybridized carbons (Fsp3) is 0.344. The van der Waals surface area contributed by atoms with E-state index in [0.29, 0.717) is 0 Å². The first kappa shape index (κ1) is 30.7. The Bertz CT molecular complexity index is 1190. The summed E-state index contributed by atoms with van der Waals surface area (Å²) >= 11 is -1.79. The van der Waals surface area contributed by atoms with Crippen molar-refractivity contribution in [2.75, 3.05) is 22.9 Å². The van der Waals surface area contributed by atoms with Crippen LogP contribution in [0.1, 0.15) is 52.8 Å². The number of para-hydroxylation sites is 1. The minimum absolute atomic E-state index is 0.269. The number of benzene rings is 3. The van der Waals surface area contributed by atoms with Crippen LogP contribution in [0.4, 0.5) is 11.4 Å². The van der Waals surface area contributed by atoms with Crippen LogP contribution in [0.5, 0.6) is 5.75 Å². The summed E-state index contributed by atoms with van der Waals surface area (Å²) in [6.07, 6.45) is 0.269. The average molecular weight is 642 g/mol. The van der Waals surface area contributed by atoms with Gasteiger partial charge in [-0.25, -0.2) is 0 Å². The van der Waals surface area contributed by atoms with Gasteiger partial charge in [0.25, 0.3) is 0 Å². The monoisotopic (exact) mass is 641 g/mol. The van der Waals surface area contributed by atoms with E-state index in [4.69, 9.17) is 19.4 Å². The summed E-state index contributed by atoms with van der Waals surface area (Å²) < 4.78 is 4.74. The van der Waals surface area contributed by atoms with E-state index in [1.165, 1.54) is 44.8 Å². The van der Waals surface area contributed by atoms with Crippen molar-refractivity contribution >= 4 is 35.4 Å².